The molecule has 0 aliphatic rings. The van der Waals surface area contributed by atoms with Crippen LogP contribution in [0.2, 0.25) is 0 Å². The number of aliphatic hydroxyl groups excluding tert-OH is 1. The Morgan fingerprint density at radius 3 is 2.44 bits per heavy atom. The van der Waals surface area contributed by atoms with Gasteiger partial charge in [0.2, 0.25) is 0 Å². The Morgan fingerprint density at radius 1 is 1.33 bits per heavy atom. The first-order chi connectivity index (χ1) is 8.20. The lowest BCUT2D eigenvalue weighted by atomic mass is 9.98. The molecule has 0 heterocycles. The molecule has 1 N–H and O–H groups in total. The maximum absolute atomic E-state index is 12.0. The van der Waals surface area contributed by atoms with Gasteiger partial charge in [-0.2, -0.15) is 0 Å². The molecule has 0 aliphatic heterocycles. The number of aliphatic hydroxyl groups is 1. The summed E-state index contributed by atoms with van der Waals surface area (Å²) >= 11 is 0. The number of carbonyl (C=O) groups excluding carboxylic acids is 1. The van der Waals surface area contributed by atoms with Crippen LogP contribution in [0.4, 0.5) is 13.2 Å². The van der Waals surface area contributed by atoms with Crippen LogP contribution in [0, 0.1) is 5.92 Å². The molecule has 1 unspecified atom stereocenters. The summed E-state index contributed by atoms with van der Waals surface area (Å²) in [6.07, 6.45) is -6.05. The molecule has 6 heteroatoms. The smallest absolute Gasteiger partial charge is 0.406 e. The molecule has 100 valence electrons. The van der Waals surface area contributed by atoms with E-state index in [2.05, 4.69) is 4.74 Å². The average Bonchev–Trinajstić information content (AvgIpc) is 2.25. The van der Waals surface area contributed by atoms with Crippen LogP contribution in [0.3, 0.4) is 0 Å². The van der Waals surface area contributed by atoms with Crippen molar-refractivity contribution in [3.05, 3.63) is 29.8 Å². The Balaban J connectivity index is 2.92. The van der Waals surface area contributed by atoms with Crippen molar-refractivity contribution in [2.75, 3.05) is 0 Å². The molecule has 1 rings (SSSR count). The van der Waals surface area contributed by atoms with Crippen molar-refractivity contribution in [2.45, 2.75) is 26.3 Å². The minimum absolute atomic E-state index is 0.0158. The maximum atomic E-state index is 12.0. The fraction of sp³-hybridized carbons (Fsp3) is 0.417. The molecule has 0 radical (unpaired) electrons. The van der Waals surface area contributed by atoms with Crippen molar-refractivity contribution in [2.24, 2.45) is 5.92 Å². The number of ether oxygens (including phenoxy) is 1. The molecule has 0 saturated carbocycles. The third kappa shape index (κ3) is 4.03. The molecular weight excluding hydrogens is 249 g/mol. The molecule has 1 aromatic carbocycles. The summed E-state index contributed by atoms with van der Waals surface area (Å²) in [4.78, 5) is 11.7. The highest BCUT2D eigenvalue weighted by atomic mass is 19.4. The van der Waals surface area contributed by atoms with E-state index in [9.17, 15) is 23.1 Å². The topological polar surface area (TPSA) is 46.5 Å². The maximum Gasteiger partial charge on any atom is 0.573 e. The predicted molar refractivity (Wildman–Crippen MR) is 58.3 cm³/mol. The zero-order valence-corrected chi connectivity index (χ0v) is 9.86. The first-order valence-corrected chi connectivity index (χ1v) is 5.29. The van der Waals surface area contributed by atoms with Crippen molar-refractivity contribution in [3.8, 4) is 5.75 Å². The van der Waals surface area contributed by atoms with Gasteiger partial charge in [-0.05, 0) is 18.1 Å². The van der Waals surface area contributed by atoms with E-state index >= 15 is 0 Å². The highest BCUT2D eigenvalue weighted by Gasteiger charge is 2.31. The van der Waals surface area contributed by atoms with Crippen molar-refractivity contribution >= 4 is 5.78 Å². The van der Waals surface area contributed by atoms with Gasteiger partial charge in [0.25, 0.3) is 0 Å². The molecule has 0 spiro atoms. The number of ketones is 1. The van der Waals surface area contributed by atoms with E-state index in [0.717, 1.165) is 12.1 Å². The lowest BCUT2D eigenvalue weighted by Crippen LogP contribution is -2.26. The molecule has 1 atom stereocenters. The van der Waals surface area contributed by atoms with Gasteiger partial charge in [0.1, 0.15) is 11.9 Å². The lowest BCUT2D eigenvalue weighted by molar-refractivity contribution is -0.274. The van der Waals surface area contributed by atoms with Gasteiger partial charge < -0.3 is 9.84 Å². The van der Waals surface area contributed by atoms with E-state index in [-0.39, 0.29) is 11.5 Å². The third-order valence-corrected chi connectivity index (χ3v) is 2.25. The minimum atomic E-state index is -4.81. The van der Waals surface area contributed by atoms with Crippen LogP contribution < -0.4 is 4.74 Å². The van der Waals surface area contributed by atoms with E-state index < -0.39 is 24.0 Å². The summed E-state index contributed by atoms with van der Waals surface area (Å²) in [5, 5.41) is 9.56. The Bertz CT molecular complexity index is 427. The van der Waals surface area contributed by atoms with Crippen LogP contribution in [-0.2, 0) is 0 Å². The summed E-state index contributed by atoms with van der Waals surface area (Å²) in [7, 11) is 0. The van der Waals surface area contributed by atoms with Crippen molar-refractivity contribution in [1.82, 2.24) is 0 Å². The SMILES string of the molecule is CC(C)C(O)C(=O)c1cccc(OC(F)(F)F)c1. The summed E-state index contributed by atoms with van der Waals surface area (Å²) in [5.41, 5.74) is -0.0158. The van der Waals surface area contributed by atoms with Crippen molar-refractivity contribution in [3.63, 3.8) is 0 Å². The van der Waals surface area contributed by atoms with E-state index in [1.54, 1.807) is 13.8 Å². The number of hydrogen-bond donors (Lipinski definition) is 1. The Morgan fingerprint density at radius 2 is 1.94 bits per heavy atom. The van der Waals surface area contributed by atoms with Crippen LogP contribution in [0.5, 0.6) is 5.75 Å². The molecule has 0 aliphatic carbocycles. The highest BCUT2D eigenvalue weighted by Crippen LogP contribution is 2.24. The van der Waals surface area contributed by atoms with Gasteiger partial charge in [-0.25, -0.2) is 0 Å². The molecule has 0 saturated heterocycles. The quantitative estimate of drug-likeness (QED) is 0.849. The second kappa shape index (κ2) is 5.39. The molecule has 0 amide bonds. The van der Waals surface area contributed by atoms with Crippen molar-refractivity contribution in [1.29, 1.82) is 0 Å². The second-order valence-electron chi connectivity index (χ2n) is 4.13. The van der Waals surface area contributed by atoms with Crippen LogP contribution in [-0.4, -0.2) is 23.4 Å². The monoisotopic (exact) mass is 262 g/mol. The number of benzene rings is 1. The Kier molecular flexibility index (Phi) is 4.34. The number of carbonyl (C=O) groups is 1. The van der Waals surface area contributed by atoms with E-state index in [1.807, 2.05) is 0 Å². The molecule has 0 fully saturated rings. The first kappa shape index (κ1) is 14.5. The molecule has 18 heavy (non-hydrogen) atoms. The fourth-order valence-corrected chi connectivity index (χ4v) is 1.32. The lowest BCUT2D eigenvalue weighted by Gasteiger charge is -2.14. The molecule has 3 nitrogen and oxygen atoms in total. The van der Waals surface area contributed by atoms with Crippen LogP contribution in [0.25, 0.3) is 0 Å². The molecule has 1 aromatic rings. The highest BCUT2D eigenvalue weighted by molar-refractivity contribution is 5.99. The molecular formula is C12H13F3O3. The summed E-state index contributed by atoms with van der Waals surface area (Å²) in [6, 6.07) is 4.64. The molecule has 0 aromatic heterocycles. The number of halogens is 3. The van der Waals surface area contributed by atoms with Gasteiger partial charge in [0.15, 0.2) is 5.78 Å². The normalized spacial score (nSPS) is 13.5. The predicted octanol–water partition coefficient (Wildman–Crippen LogP) is 2.78. The van der Waals surface area contributed by atoms with Gasteiger partial charge >= 0.3 is 6.36 Å². The summed E-state index contributed by atoms with van der Waals surface area (Å²) < 4.78 is 39.7. The largest absolute Gasteiger partial charge is 0.573 e. The number of hydrogen-bond acceptors (Lipinski definition) is 3. The number of alkyl halides is 3. The van der Waals surface area contributed by atoms with Gasteiger partial charge in [-0.3, -0.25) is 4.79 Å². The standard InChI is InChI=1S/C12H13F3O3/c1-7(2)10(16)11(17)8-4-3-5-9(6-8)18-12(13,14)15/h3-7,10,16H,1-2H3. The van der Waals surface area contributed by atoms with Gasteiger partial charge in [-0.15, -0.1) is 13.2 Å². The summed E-state index contributed by atoms with van der Waals surface area (Å²) in [5.74, 6) is -1.42. The Hall–Kier alpha value is -1.56. The van der Waals surface area contributed by atoms with Crippen LogP contribution in [0.1, 0.15) is 24.2 Å². The molecule has 0 bridgehead atoms. The van der Waals surface area contributed by atoms with E-state index in [0.29, 0.717) is 0 Å². The minimum Gasteiger partial charge on any atom is -0.406 e. The zero-order valence-electron chi connectivity index (χ0n) is 9.86. The number of rotatable bonds is 4. The average molecular weight is 262 g/mol. The van der Waals surface area contributed by atoms with E-state index in [4.69, 9.17) is 0 Å². The van der Waals surface area contributed by atoms with Gasteiger partial charge in [0.05, 0.1) is 0 Å². The number of Topliss-reactive ketones (excluding diaryl/α,β-unsaturated/α-hetero) is 1. The van der Waals surface area contributed by atoms with Crippen LogP contribution >= 0.6 is 0 Å². The second-order valence-corrected chi connectivity index (χ2v) is 4.13. The van der Waals surface area contributed by atoms with E-state index in [1.165, 1.54) is 12.1 Å². The first-order valence-electron chi connectivity index (χ1n) is 5.29. The third-order valence-electron chi connectivity index (χ3n) is 2.25. The fourth-order valence-electron chi connectivity index (χ4n) is 1.32. The van der Waals surface area contributed by atoms with Gasteiger partial charge in [0, 0.05) is 5.56 Å². The summed E-state index contributed by atoms with van der Waals surface area (Å²) in [6.45, 7) is 3.28. The zero-order chi connectivity index (χ0) is 13.9. The van der Waals surface area contributed by atoms with Crippen molar-refractivity contribution < 1.29 is 27.8 Å². The Labute approximate surface area is 102 Å². The van der Waals surface area contributed by atoms with Gasteiger partial charge in [-0.1, -0.05) is 26.0 Å². The van der Waals surface area contributed by atoms with Crippen LogP contribution in [0.15, 0.2) is 24.3 Å².